The number of benzene rings is 1. The molecule has 0 spiro atoms. The number of nitrogens with one attached hydrogen (secondary N) is 1. The number of fused-ring (bicyclic) bond motifs is 1. The molecule has 0 bridgehead atoms. The van der Waals surface area contributed by atoms with E-state index in [9.17, 15) is 0 Å². The normalized spacial score (nSPS) is 16.4. The predicted octanol–water partition coefficient (Wildman–Crippen LogP) is 4.55. The van der Waals surface area contributed by atoms with Crippen molar-refractivity contribution in [2.24, 2.45) is 5.92 Å². The van der Waals surface area contributed by atoms with Gasteiger partial charge in [-0.1, -0.05) is 22.9 Å². The Morgan fingerprint density at radius 2 is 2.18 bits per heavy atom. The molecule has 90 valence electrons. The molecular formula is C13H15ClN2S. The number of thiazole rings is 1. The zero-order chi connectivity index (χ0) is 12.0. The maximum Gasteiger partial charge on any atom is 0.184 e. The third-order valence-electron chi connectivity index (χ3n) is 3.38. The Balaban J connectivity index is 1.90. The van der Waals surface area contributed by atoms with Crippen LogP contribution in [0.5, 0.6) is 0 Å². The van der Waals surface area contributed by atoms with Gasteiger partial charge in [-0.2, -0.15) is 0 Å². The van der Waals surface area contributed by atoms with Crippen LogP contribution in [0.2, 0.25) is 5.02 Å². The van der Waals surface area contributed by atoms with E-state index in [4.69, 9.17) is 11.6 Å². The molecule has 1 saturated carbocycles. The van der Waals surface area contributed by atoms with Gasteiger partial charge in [0.05, 0.1) is 10.2 Å². The molecule has 1 aromatic carbocycles. The molecule has 1 aliphatic rings. The zero-order valence-electron chi connectivity index (χ0n) is 9.96. The van der Waals surface area contributed by atoms with E-state index in [0.717, 1.165) is 21.6 Å². The van der Waals surface area contributed by atoms with Crippen LogP contribution < -0.4 is 5.32 Å². The highest BCUT2D eigenvalue weighted by Gasteiger charge is 2.38. The molecule has 2 aromatic rings. The van der Waals surface area contributed by atoms with Gasteiger partial charge in [0.15, 0.2) is 5.13 Å². The Kier molecular flexibility index (Phi) is 2.56. The first-order valence-electron chi connectivity index (χ1n) is 5.89. The summed E-state index contributed by atoms with van der Waals surface area (Å²) in [5.41, 5.74) is 1.13. The summed E-state index contributed by atoms with van der Waals surface area (Å²) in [7, 11) is 0. The summed E-state index contributed by atoms with van der Waals surface area (Å²) in [6.07, 6.45) is 2.66. The standard InChI is InChI=1S/C13H15ClN2S/c1-13(2,8-3-4-8)16-12-15-10-7-9(14)5-6-11(10)17-12/h5-8H,3-4H2,1-2H3,(H,15,16). The van der Waals surface area contributed by atoms with Gasteiger partial charge in [0.25, 0.3) is 0 Å². The van der Waals surface area contributed by atoms with Gasteiger partial charge < -0.3 is 5.32 Å². The summed E-state index contributed by atoms with van der Waals surface area (Å²) in [5.74, 6) is 0.790. The molecule has 0 aliphatic heterocycles. The minimum Gasteiger partial charge on any atom is -0.356 e. The molecule has 1 aromatic heterocycles. The van der Waals surface area contributed by atoms with Gasteiger partial charge in [-0.15, -0.1) is 0 Å². The van der Waals surface area contributed by atoms with Crippen LogP contribution in [0, 0.1) is 5.92 Å². The van der Waals surface area contributed by atoms with Gasteiger partial charge >= 0.3 is 0 Å². The molecule has 1 N–H and O–H groups in total. The predicted molar refractivity (Wildman–Crippen MR) is 75.1 cm³/mol. The molecule has 0 unspecified atom stereocenters. The summed E-state index contributed by atoms with van der Waals surface area (Å²) in [6, 6.07) is 5.87. The van der Waals surface area contributed by atoms with Crippen LogP contribution in [0.1, 0.15) is 26.7 Å². The molecule has 0 atom stereocenters. The molecule has 0 saturated heterocycles. The number of nitrogens with zero attached hydrogens (tertiary/aromatic N) is 1. The minimum atomic E-state index is 0.150. The molecule has 1 fully saturated rings. The van der Waals surface area contributed by atoms with Gasteiger partial charge in [-0.3, -0.25) is 0 Å². The van der Waals surface area contributed by atoms with Crippen LogP contribution in [0.4, 0.5) is 5.13 Å². The average Bonchev–Trinajstić information content (AvgIpc) is 3.01. The monoisotopic (exact) mass is 266 g/mol. The fourth-order valence-corrected chi connectivity index (χ4v) is 3.31. The van der Waals surface area contributed by atoms with Gasteiger partial charge in [-0.05, 0) is 50.8 Å². The van der Waals surface area contributed by atoms with E-state index >= 15 is 0 Å². The Hall–Kier alpha value is -0.800. The summed E-state index contributed by atoms with van der Waals surface area (Å²) in [5, 5.41) is 5.30. The second-order valence-corrected chi connectivity index (χ2v) is 6.72. The van der Waals surface area contributed by atoms with Crippen LogP contribution in [0.25, 0.3) is 10.2 Å². The van der Waals surface area contributed by atoms with E-state index < -0.39 is 0 Å². The molecule has 1 aliphatic carbocycles. The Morgan fingerprint density at radius 3 is 2.88 bits per heavy atom. The minimum absolute atomic E-state index is 0.150. The number of aromatic nitrogens is 1. The number of halogens is 1. The lowest BCUT2D eigenvalue weighted by Gasteiger charge is -2.25. The summed E-state index contributed by atoms with van der Waals surface area (Å²) < 4.78 is 1.18. The maximum absolute atomic E-state index is 5.97. The van der Waals surface area contributed by atoms with E-state index in [1.165, 1.54) is 17.5 Å². The number of anilines is 1. The van der Waals surface area contributed by atoms with E-state index in [1.54, 1.807) is 11.3 Å². The molecule has 0 amide bonds. The first-order chi connectivity index (χ1) is 8.04. The Bertz CT molecular complexity index is 558. The van der Waals surface area contributed by atoms with E-state index in [0.29, 0.717) is 0 Å². The van der Waals surface area contributed by atoms with Crippen molar-refractivity contribution < 1.29 is 0 Å². The van der Waals surface area contributed by atoms with Crippen molar-refractivity contribution in [2.75, 3.05) is 5.32 Å². The van der Waals surface area contributed by atoms with Crippen molar-refractivity contribution in [2.45, 2.75) is 32.2 Å². The zero-order valence-corrected chi connectivity index (χ0v) is 11.5. The number of rotatable bonds is 3. The van der Waals surface area contributed by atoms with Crippen molar-refractivity contribution in [1.82, 2.24) is 4.98 Å². The number of hydrogen-bond donors (Lipinski definition) is 1. The molecule has 1 heterocycles. The van der Waals surface area contributed by atoms with Crippen LogP contribution in [0.3, 0.4) is 0 Å². The first-order valence-corrected chi connectivity index (χ1v) is 7.08. The third-order valence-corrected chi connectivity index (χ3v) is 4.56. The molecule has 17 heavy (non-hydrogen) atoms. The number of hydrogen-bond acceptors (Lipinski definition) is 3. The lowest BCUT2D eigenvalue weighted by Crippen LogP contribution is -2.33. The van der Waals surface area contributed by atoms with Gasteiger partial charge in [-0.25, -0.2) is 4.98 Å². The highest BCUT2D eigenvalue weighted by Crippen LogP contribution is 2.42. The largest absolute Gasteiger partial charge is 0.356 e. The fraction of sp³-hybridized carbons (Fsp3) is 0.462. The van der Waals surface area contributed by atoms with Crippen molar-refractivity contribution in [3.05, 3.63) is 23.2 Å². The van der Waals surface area contributed by atoms with E-state index in [1.807, 2.05) is 18.2 Å². The fourth-order valence-electron chi connectivity index (χ4n) is 2.14. The molecule has 0 radical (unpaired) electrons. The van der Waals surface area contributed by atoms with Gasteiger partial charge in [0.1, 0.15) is 0 Å². The molecular weight excluding hydrogens is 252 g/mol. The van der Waals surface area contributed by atoms with Crippen LogP contribution in [-0.4, -0.2) is 10.5 Å². The lowest BCUT2D eigenvalue weighted by atomic mass is 9.99. The highest BCUT2D eigenvalue weighted by molar-refractivity contribution is 7.22. The summed E-state index contributed by atoms with van der Waals surface area (Å²) in [4.78, 5) is 4.59. The van der Waals surface area contributed by atoms with E-state index in [2.05, 4.69) is 24.1 Å². The third kappa shape index (κ3) is 2.26. The lowest BCUT2D eigenvalue weighted by molar-refractivity contribution is 0.494. The SMILES string of the molecule is CC(C)(Nc1nc2cc(Cl)ccc2s1)C1CC1. The van der Waals surface area contributed by atoms with Crippen molar-refractivity contribution in [3.8, 4) is 0 Å². The smallest absolute Gasteiger partial charge is 0.184 e. The maximum atomic E-state index is 5.97. The molecule has 3 rings (SSSR count). The molecule has 4 heteroatoms. The topological polar surface area (TPSA) is 24.9 Å². The molecule has 2 nitrogen and oxygen atoms in total. The Morgan fingerprint density at radius 1 is 1.41 bits per heavy atom. The van der Waals surface area contributed by atoms with Gasteiger partial charge in [0.2, 0.25) is 0 Å². The summed E-state index contributed by atoms with van der Waals surface area (Å²) >= 11 is 7.66. The van der Waals surface area contributed by atoms with Crippen LogP contribution in [0.15, 0.2) is 18.2 Å². The van der Waals surface area contributed by atoms with Crippen molar-refractivity contribution in [1.29, 1.82) is 0 Å². The van der Waals surface area contributed by atoms with Gasteiger partial charge in [0, 0.05) is 10.6 Å². The highest BCUT2D eigenvalue weighted by atomic mass is 35.5. The second kappa shape index (κ2) is 3.85. The van der Waals surface area contributed by atoms with Crippen molar-refractivity contribution in [3.63, 3.8) is 0 Å². The summed E-state index contributed by atoms with van der Waals surface area (Å²) in [6.45, 7) is 4.51. The Labute approximate surface area is 110 Å². The van der Waals surface area contributed by atoms with Crippen LogP contribution in [-0.2, 0) is 0 Å². The average molecular weight is 267 g/mol. The van der Waals surface area contributed by atoms with E-state index in [-0.39, 0.29) is 5.54 Å². The first kappa shape index (κ1) is 11.3. The second-order valence-electron chi connectivity index (χ2n) is 5.25. The quantitative estimate of drug-likeness (QED) is 0.882. The van der Waals surface area contributed by atoms with Crippen LogP contribution >= 0.6 is 22.9 Å². The van der Waals surface area contributed by atoms with Crippen molar-refractivity contribution >= 4 is 38.3 Å².